The number of aryl methyl sites for hydroxylation is 2. The number of fused-ring (bicyclic) bond motifs is 1. The van der Waals surface area contributed by atoms with E-state index in [9.17, 15) is 9.90 Å². The summed E-state index contributed by atoms with van der Waals surface area (Å²) in [7, 11) is 0. The molecule has 0 saturated carbocycles. The summed E-state index contributed by atoms with van der Waals surface area (Å²) in [5.74, 6) is 0.936. The summed E-state index contributed by atoms with van der Waals surface area (Å²) >= 11 is 0. The average molecular weight is 289 g/mol. The summed E-state index contributed by atoms with van der Waals surface area (Å²) in [6.07, 6.45) is 3.86. The minimum absolute atomic E-state index is 0.00856. The molecule has 2 unspecified atom stereocenters. The zero-order valence-electron chi connectivity index (χ0n) is 12.5. The van der Waals surface area contributed by atoms with Crippen LogP contribution in [0, 0.1) is 5.92 Å². The average Bonchev–Trinajstić information content (AvgIpc) is 2.95. The van der Waals surface area contributed by atoms with Gasteiger partial charge in [0, 0.05) is 13.1 Å². The van der Waals surface area contributed by atoms with Crippen molar-refractivity contribution in [3.63, 3.8) is 0 Å². The Labute approximate surface area is 125 Å². The first-order valence-corrected chi connectivity index (χ1v) is 7.84. The van der Waals surface area contributed by atoms with Gasteiger partial charge in [0.1, 0.15) is 5.75 Å². The lowest BCUT2D eigenvalue weighted by Crippen LogP contribution is -2.46. The van der Waals surface area contributed by atoms with Gasteiger partial charge in [0.05, 0.1) is 6.10 Å². The van der Waals surface area contributed by atoms with Crippen LogP contribution in [0.2, 0.25) is 0 Å². The van der Waals surface area contributed by atoms with Crippen LogP contribution in [0.3, 0.4) is 0 Å². The van der Waals surface area contributed by atoms with Crippen molar-refractivity contribution < 1.29 is 14.6 Å². The maximum absolute atomic E-state index is 12.2. The molecule has 2 atom stereocenters. The van der Waals surface area contributed by atoms with Gasteiger partial charge in [-0.2, -0.15) is 0 Å². The molecule has 0 aromatic heterocycles. The first-order chi connectivity index (χ1) is 10.1. The third kappa shape index (κ3) is 3.21. The van der Waals surface area contributed by atoms with Gasteiger partial charge in [0.2, 0.25) is 0 Å². The van der Waals surface area contributed by atoms with E-state index >= 15 is 0 Å². The first kappa shape index (κ1) is 14.4. The number of nitrogens with zero attached hydrogens (tertiary/aromatic N) is 1. The molecular formula is C17H23NO3. The Balaban J connectivity index is 1.54. The van der Waals surface area contributed by atoms with Crippen LogP contribution in [0.1, 0.15) is 30.9 Å². The maximum atomic E-state index is 12.2. The van der Waals surface area contributed by atoms with E-state index in [2.05, 4.69) is 12.1 Å². The number of carbonyl (C=O) groups excluding carboxylic acids is 1. The van der Waals surface area contributed by atoms with E-state index in [1.807, 2.05) is 13.0 Å². The van der Waals surface area contributed by atoms with Gasteiger partial charge >= 0.3 is 0 Å². The fourth-order valence-electron chi connectivity index (χ4n) is 3.23. The summed E-state index contributed by atoms with van der Waals surface area (Å²) in [4.78, 5) is 14.0. The quantitative estimate of drug-likeness (QED) is 0.923. The molecule has 0 radical (unpaired) electrons. The predicted octanol–water partition coefficient (Wildman–Crippen LogP) is 1.78. The summed E-state index contributed by atoms with van der Waals surface area (Å²) in [6, 6.07) is 6.14. The largest absolute Gasteiger partial charge is 0.484 e. The molecule has 2 aliphatic rings. The molecule has 1 aliphatic heterocycles. The van der Waals surface area contributed by atoms with E-state index in [0.717, 1.165) is 18.6 Å². The van der Waals surface area contributed by atoms with Crippen LogP contribution in [-0.4, -0.2) is 41.7 Å². The standard InChI is InChI=1S/C17H23NO3/c1-12-10-18(8-7-16(12)19)17(20)11-21-15-6-5-13-3-2-4-14(13)9-15/h5-6,9,12,16,19H,2-4,7-8,10-11H2,1H3. The number of benzene rings is 1. The number of hydrogen-bond acceptors (Lipinski definition) is 3. The molecule has 4 nitrogen and oxygen atoms in total. The number of carbonyl (C=O) groups is 1. The monoisotopic (exact) mass is 289 g/mol. The number of rotatable bonds is 3. The highest BCUT2D eigenvalue weighted by Crippen LogP contribution is 2.26. The number of amides is 1. The number of piperidine rings is 1. The van der Waals surface area contributed by atoms with Crippen LogP contribution in [-0.2, 0) is 17.6 Å². The van der Waals surface area contributed by atoms with Crippen molar-refractivity contribution in [2.75, 3.05) is 19.7 Å². The molecule has 1 N–H and O–H groups in total. The molecule has 0 spiro atoms. The van der Waals surface area contributed by atoms with E-state index in [1.165, 1.54) is 17.5 Å². The Morgan fingerprint density at radius 1 is 1.38 bits per heavy atom. The van der Waals surface area contributed by atoms with Crippen molar-refractivity contribution in [3.05, 3.63) is 29.3 Å². The normalized spacial score (nSPS) is 24.8. The number of aliphatic hydroxyl groups is 1. The van der Waals surface area contributed by atoms with E-state index < -0.39 is 0 Å². The summed E-state index contributed by atoms with van der Waals surface area (Å²) in [6.45, 7) is 3.30. The Kier molecular flexibility index (Phi) is 4.15. The Morgan fingerprint density at radius 2 is 2.19 bits per heavy atom. The maximum Gasteiger partial charge on any atom is 0.260 e. The molecule has 1 aromatic rings. The zero-order chi connectivity index (χ0) is 14.8. The lowest BCUT2D eigenvalue weighted by atomic mass is 9.97. The number of aliphatic hydroxyl groups excluding tert-OH is 1. The molecule has 1 amide bonds. The third-order valence-electron chi connectivity index (χ3n) is 4.64. The summed E-state index contributed by atoms with van der Waals surface area (Å²) < 4.78 is 5.65. The van der Waals surface area contributed by atoms with Gasteiger partial charge in [-0.1, -0.05) is 13.0 Å². The molecule has 1 aromatic carbocycles. The second-order valence-electron chi connectivity index (χ2n) is 6.25. The summed E-state index contributed by atoms with van der Waals surface area (Å²) in [5, 5.41) is 9.71. The fraction of sp³-hybridized carbons (Fsp3) is 0.588. The number of ether oxygens (including phenoxy) is 1. The summed E-state index contributed by atoms with van der Waals surface area (Å²) in [5.41, 5.74) is 2.77. The van der Waals surface area contributed by atoms with Gasteiger partial charge in [0.25, 0.3) is 5.91 Å². The van der Waals surface area contributed by atoms with Crippen LogP contribution in [0.4, 0.5) is 0 Å². The minimum Gasteiger partial charge on any atom is -0.484 e. The van der Waals surface area contributed by atoms with Crippen molar-refractivity contribution >= 4 is 5.91 Å². The lowest BCUT2D eigenvalue weighted by Gasteiger charge is -2.34. The third-order valence-corrected chi connectivity index (χ3v) is 4.64. The Morgan fingerprint density at radius 3 is 3.00 bits per heavy atom. The molecule has 1 heterocycles. The van der Waals surface area contributed by atoms with Gasteiger partial charge in [0.15, 0.2) is 6.61 Å². The molecule has 0 bridgehead atoms. The van der Waals surface area contributed by atoms with Crippen LogP contribution in [0.25, 0.3) is 0 Å². The molecule has 1 saturated heterocycles. The highest BCUT2D eigenvalue weighted by Gasteiger charge is 2.27. The van der Waals surface area contributed by atoms with Crippen LogP contribution < -0.4 is 4.74 Å². The lowest BCUT2D eigenvalue weighted by molar-refractivity contribution is -0.136. The predicted molar refractivity (Wildman–Crippen MR) is 80.3 cm³/mol. The molecule has 114 valence electrons. The molecule has 21 heavy (non-hydrogen) atoms. The van der Waals surface area contributed by atoms with Gasteiger partial charge in [-0.25, -0.2) is 0 Å². The number of hydrogen-bond donors (Lipinski definition) is 1. The zero-order valence-corrected chi connectivity index (χ0v) is 12.5. The van der Waals surface area contributed by atoms with Crippen molar-refractivity contribution in [1.29, 1.82) is 0 Å². The molecule has 3 rings (SSSR count). The smallest absolute Gasteiger partial charge is 0.260 e. The van der Waals surface area contributed by atoms with E-state index in [0.29, 0.717) is 19.5 Å². The van der Waals surface area contributed by atoms with E-state index in [-0.39, 0.29) is 24.5 Å². The van der Waals surface area contributed by atoms with Gasteiger partial charge < -0.3 is 14.7 Å². The Bertz CT molecular complexity index is 529. The van der Waals surface area contributed by atoms with Crippen molar-refractivity contribution in [2.24, 2.45) is 5.92 Å². The van der Waals surface area contributed by atoms with Gasteiger partial charge in [-0.15, -0.1) is 0 Å². The van der Waals surface area contributed by atoms with Crippen LogP contribution >= 0.6 is 0 Å². The molecule has 1 fully saturated rings. The highest BCUT2D eigenvalue weighted by molar-refractivity contribution is 5.77. The molecule has 1 aliphatic carbocycles. The Hall–Kier alpha value is -1.55. The minimum atomic E-state index is -0.285. The van der Waals surface area contributed by atoms with E-state index in [4.69, 9.17) is 4.74 Å². The van der Waals surface area contributed by atoms with Gasteiger partial charge in [-0.3, -0.25) is 4.79 Å². The van der Waals surface area contributed by atoms with Crippen molar-refractivity contribution in [1.82, 2.24) is 4.90 Å². The molecular weight excluding hydrogens is 266 g/mol. The first-order valence-electron chi connectivity index (χ1n) is 7.84. The number of likely N-dealkylation sites (tertiary alicyclic amines) is 1. The second kappa shape index (κ2) is 6.06. The SMILES string of the molecule is CC1CN(C(=O)COc2ccc3c(c2)CCC3)CCC1O. The highest BCUT2D eigenvalue weighted by atomic mass is 16.5. The van der Waals surface area contributed by atoms with Crippen LogP contribution in [0.15, 0.2) is 18.2 Å². The van der Waals surface area contributed by atoms with Crippen molar-refractivity contribution in [2.45, 2.75) is 38.7 Å². The van der Waals surface area contributed by atoms with Gasteiger partial charge in [-0.05, 0) is 54.9 Å². The van der Waals surface area contributed by atoms with E-state index in [1.54, 1.807) is 4.90 Å². The van der Waals surface area contributed by atoms with Crippen LogP contribution in [0.5, 0.6) is 5.75 Å². The topological polar surface area (TPSA) is 49.8 Å². The second-order valence-corrected chi connectivity index (χ2v) is 6.25. The van der Waals surface area contributed by atoms with Crippen molar-refractivity contribution in [3.8, 4) is 5.75 Å². The fourth-order valence-corrected chi connectivity index (χ4v) is 3.23. The molecule has 4 heteroatoms.